The van der Waals surface area contributed by atoms with Crippen molar-refractivity contribution in [1.82, 2.24) is 9.97 Å². The summed E-state index contributed by atoms with van der Waals surface area (Å²) < 4.78 is 5.39. The van der Waals surface area contributed by atoms with Crippen molar-refractivity contribution in [2.75, 3.05) is 25.2 Å². The first-order valence-electron chi connectivity index (χ1n) is 7.52. The number of rotatable bonds is 2. The van der Waals surface area contributed by atoms with E-state index in [-0.39, 0.29) is 0 Å². The van der Waals surface area contributed by atoms with Crippen molar-refractivity contribution < 1.29 is 4.74 Å². The second kappa shape index (κ2) is 7.06. The number of nitrogens with zero attached hydrogens (tertiary/aromatic N) is 3. The Morgan fingerprint density at radius 2 is 1.64 bits per heavy atom. The van der Waals surface area contributed by atoms with Gasteiger partial charge in [0.05, 0.1) is 5.56 Å². The number of hydrogen-bond donors (Lipinski definition) is 0. The summed E-state index contributed by atoms with van der Waals surface area (Å²) in [5.74, 6) is 6.95. The lowest BCUT2D eigenvalue weighted by Crippen LogP contribution is -2.37. The van der Waals surface area contributed by atoms with Gasteiger partial charge in [0, 0.05) is 44.3 Å². The molecule has 0 amide bonds. The van der Waals surface area contributed by atoms with Crippen molar-refractivity contribution in [1.29, 1.82) is 0 Å². The topological polar surface area (TPSA) is 38.2 Å². The molecule has 0 saturated carbocycles. The van der Waals surface area contributed by atoms with Gasteiger partial charge in [-0.05, 0) is 25.0 Å². The highest BCUT2D eigenvalue weighted by Gasteiger charge is 2.20. The highest BCUT2D eigenvalue weighted by molar-refractivity contribution is 5.42. The van der Waals surface area contributed by atoms with E-state index in [9.17, 15) is 0 Å². The number of benzene rings is 1. The van der Waals surface area contributed by atoms with Crippen LogP contribution in [0.5, 0.6) is 0 Å². The first-order chi connectivity index (χ1) is 10.8. The first kappa shape index (κ1) is 14.6. The second-order valence-electron chi connectivity index (χ2n) is 5.34. The van der Waals surface area contributed by atoms with Gasteiger partial charge in [0.2, 0.25) is 5.95 Å². The van der Waals surface area contributed by atoms with Crippen LogP contribution in [0.2, 0.25) is 0 Å². The fourth-order valence-electron chi connectivity index (χ4n) is 2.47. The van der Waals surface area contributed by atoms with E-state index in [1.807, 2.05) is 37.4 Å². The molecule has 0 radical (unpaired) electrons. The SMILES string of the molecule is CN(c1ncc(C#Cc2ccccc2)cn1)C1CCOCC1. The Labute approximate surface area is 131 Å². The maximum absolute atomic E-state index is 5.39. The molecular weight excluding hydrogens is 274 g/mol. The van der Waals surface area contributed by atoms with Gasteiger partial charge in [0.25, 0.3) is 0 Å². The summed E-state index contributed by atoms with van der Waals surface area (Å²) in [5.41, 5.74) is 1.82. The molecule has 0 N–H and O–H groups in total. The third-order valence-corrected chi connectivity index (χ3v) is 3.82. The minimum absolute atomic E-state index is 0.454. The normalized spacial score (nSPS) is 15.0. The van der Waals surface area contributed by atoms with Crippen LogP contribution in [0.4, 0.5) is 5.95 Å². The van der Waals surface area contributed by atoms with Gasteiger partial charge in [-0.2, -0.15) is 0 Å². The minimum atomic E-state index is 0.454. The van der Waals surface area contributed by atoms with Crippen LogP contribution in [0.15, 0.2) is 42.7 Å². The molecule has 4 heteroatoms. The van der Waals surface area contributed by atoms with E-state index in [1.165, 1.54) is 0 Å². The molecular formula is C18H19N3O. The van der Waals surface area contributed by atoms with Crippen LogP contribution in [0.3, 0.4) is 0 Å². The van der Waals surface area contributed by atoms with Crippen molar-refractivity contribution in [2.45, 2.75) is 18.9 Å². The maximum atomic E-state index is 5.39. The van der Waals surface area contributed by atoms with Gasteiger partial charge in [-0.25, -0.2) is 9.97 Å². The Hall–Kier alpha value is -2.38. The first-order valence-corrected chi connectivity index (χ1v) is 7.52. The molecule has 22 heavy (non-hydrogen) atoms. The second-order valence-corrected chi connectivity index (χ2v) is 5.34. The van der Waals surface area contributed by atoms with E-state index in [1.54, 1.807) is 12.4 Å². The predicted octanol–water partition coefficient (Wildman–Crippen LogP) is 2.49. The zero-order valence-corrected chi connectivity index (χ0v) is 12.7. The van der Waals surface area contributed by atoms with E-state index >= 15 is 0 Å². The summed E-state index contributed by atoms with van der Waals surface area (Å²) in [5, 5.41) is 0. The number of hydrogen-bond acceptors (Lipinski definition) is 4. The lowest BCUT2D eigenvalue weighted by Gasteiger charge is -2.31. The lowest BCUT2D eigenvalue weighted by atomic mass is 10.1. The summed E-state index contributed by atoms with van der Waals surface area (Å²) in [6.45, 7) is 1.63. The summed E-state index contributed by atoms with van der Waals surface area (Å²) in [4.78, 5) is 11.0. The molecule has 2 heterocycles. The van der Waals surface area contributed by atoms with Gasteiger partial charge >= 0.3 is 0 Å². The smallest absolute Gasteiger partial charge is 0.225 e. The van der Waals surface area contributed by atoms with Crippen LogP contribution in [-0.2, 0) is 4.74 Å². The molecule has 1 fully saturated rings. The molecule has 3 rings (SSSR count). The van der Waals surface area contributed by atoms with Gasteiger partial charge < -0.3 is 9.64 Å². The van der Waals surface area contributed by atoms with Crippen LogP contribution < -0.4 is 4.90 Å². The van der Waals surface area contributed by atoms with Gasteiger partial charge in [0.1, 0.15) is 0 Å². The molecule has 0 unspecified atom stereocenters. The standard InChI is InChI=1S/C18H19N3O/c1-21(17-9-11-22-12-10-17)18-19-13-16(14-20-18)8-7-15-5-3-2-4-6-15/h2-6,13-14,17H,9-12H2,1H3. The Morgan fingerprint density at radius 1 is 1.00 bits per heavy atom. The molecule has 1 saturated heterocycles. The van der Waals surface area contributed by atoms with Crippen LogP contribution in [0.25, 0.3) is 0 Å². The zero-order valence-electron chi connectivity index (χ0n) is 12.7. The average molecular weight is 293 g/mol. The number of anilines is 1. The highest BCUT2D eigenvalue weighted by atomic mass is 16.5. The van der Waals surface area contributed by atoms with E-state index in [2.05, 4.69) is 26.7 Å². The monoisotopic (exact) mass is 293 g/mol. The van der Waals surface area contributed by atoms with Crippen molar-refractivity contribution in [3.05, 3.63) is 53.9 Å². The highest BCUT2D eigenvalue weighted by Crippen LogP contribution is 2.17. The Bertz CT molecular complexity index is 652. The molecule has 112 valence electrons. The molecule has 1 aliphatic heterocycles. The van der Waals surface area contributed by atoms with Crippen molar-refractivity contribution in [3.8, 4) is 11.8 Å². The molecule has 4 nitrogen and oxygen atoms in total. The zero-order chi connectivity index (χ0) is 15.2. The molecule has 0 aliphatic carbocycles. The summed E-state index contributed by atoms with van der Waals surface area (Å²) in [7, 11) is 2.04. The fraction of sp³-hybridized carbons (Fsp3) is 0.333. The van der Waals surface area contributed by atoms with Crippen molar-refractivity contribution >= 4 is 5.95 Å². The van der Waals surface area contributed by atoms with Crippen molar-refractivity contribution in [3.63, 3.8) is 0 Å². The number of ether oxygens (including phenoxy) is 1. The minimum Gasteiger partial charge on any atom is -0.381 e. The molecule has 0 bridgehead atoms. The van der Waals surface area contributed by atoms with E-state index in [0.717, 1.165) is 43.1 Å². The third-order valence-electron chi connectivity index (χ3n) is 3.82. The third kappa shape index (κ3) is 3.63. The molecule has 1 aromatic carbocycles. The molecule has 1 aliphatic rings. The van der Waals surface area contributed by atoms with E-state index < -0.39 is 0 Å². The molecule has 2 aromatic rings. The predicted molar refractivity (Wildman–Crippen MR) is 86.7 cm³/mol. The van der Waals surface area contributed by atoms with Crippen LogP contribution in [0, 0.1) is 11.8 Å². The van der Waals surface area contributed by atoms with Gasteiger partial charge in [-0.15, -0.1) is 0 Å². The van der Waals surface area contributed by atoms with Crippen LogP contribution in [0.1, 0.15) is 24.0 Å². The quantitative estimate of drug-likeness (QED) is 0.797. The largest absolute Gasteiger partial charge is 0.381 e. The molecule has 0 atom stereocenters. The Balaban J connectivity index is 1.69. The summed E-state index contributed by atoms with van der Waals surface area (Å²) in [6, 6.07) is 10.4. The Kier molecular flexibility index (Phi) is 4.67. The van der Waals surface area contributed by atoms with Gasteiger partial charge in [-0.1, -0.05) is 30.0 Å². The van der Waals surface area contributed by atoms with Gasteiger partial charge in [0.15, 0.2) is 0 Å². The van der Waals surface area contributed by atoms with E-state index in [0.29, 0.717) is 6.04 Å². The molecule has 0 spiro atoms. The fourth-order valence-corrected chi connectivity index (χ4v) is 2.47. The number of aromatic nitrogens is 2. The van der Waals surface area contributed by atoms with E-state index in [4.69, 9.17) is 4.74 Å². The van der Waals surface area contributed by atoms with Crippen LogP contribution >= 0.6 is 0 Å². The van der Waals surface area contributed by atoms with Gasteiger partial charge in [-0.3, -0.25) is 0 Å². The van der Waals surface area contributed by atoms with Crippen LogP contribution in [-0.4, -0.2) is 36.3 Å². The lowest BCUT2D eigenvalue weighted by molar-refractivity contribution is 0.0852. The average Bonchev–Trinajstić information content (AvgIpc) is 2.61. The maximum Gasteiger partial charge on any atom is 0.225 e. The Morgan fingerprint density at radius 3 is 2.32 bits per heavy atom. The molecule has 1 aromatic heterocycles. The summed E-state index contributed by atoms with van der Waals surface area (Å²) >= 11 is 0. The van der Waals surface area contributed by atoms with Crippen molar-refractivity contribution in [2.24, 2.45) is 0 Å². The summed E-state index contributed by atoms with van der Waals surface area (Å²) in [6.07, 6.45) is 5.62.